The van der Waals surface area contributed by atoms with E-state index in [1.54, 1.807) is 6.07 Å². The quantitative estimate of drug-likeness (QED) is 0.0980. The second-order valence-corrected chi connectivity index (χ2v) is 9.15. The fourth-order valence-electron chi connectivity index (χ4n) is 3.98. The van der Waals surface area contributed by atoms with Crippen LogP contribution in [-0.4, -0.2) is 10.4 Å². The van der Waals surface area contributed by atoms with Crippen molar-refractivity contribution >= 4 is 56.3 Å². The van der Waals surface area contributed by atoms with Crippen molar-refractivity contribution in [2.24, 2.45) is 20.5 Å². The molecule has 9 heteroatoms. The van der Waals surface area contributed by atoms with E-state index in [1.807, 2.05) is 92.7 Å². The summed E-state index contributed by atoms with van der Waals surface area (Å²) < 4.78 is 4.64. The second kappa shape index (κ2) is 10.9. The van der Waals surface area contributed by atoms with Crippen LogP contribution >= 0.6 is 12.0 Å². The number of fused-ring (bicyclic) bond motifs is 2. The third kappa shape index (κ3) is 5.35. The van der Waals surface area contributed by atoms with Crippen LogP contribution in [0.2, 0.25) is 0 Å². The van der Waals surface area contributed by atoms with Gasteiger partial charge in [0, 0.05) is 16.2 Å². The van der Waals surface area contributed by atoms with E-state index < -0.39 is 0 Å². The highest BCUT2D eigenvalue weighted by molar-refractivity contribution is 7.94. The van der Waals surface area contributed by atoms with E-state index in [-0.39, 0.29) is 11.4 Å². The summed E-state index contributed by atoms with van der Waals surface area (Å²) in [5.41, 5.74) is 4.28. The molecule has 5 aromatic rings. The van der Waals surface area contributed by atoms with E-state index in [2.05, 4.69) is 29.8 Å². The van der Waals surface area contributed by atoms with Gasteiger partial charge in [-0.1, -0.05) is 58.6 Å². The molecule has 0 bridgehead atoms. The molecule has 0 aliphatic heterocycles. The fraction of sp³-hybridized carbons (Fsp3) is 0.0714. The molecule has 0 saturated carbocycles. The molecule has 2 N–H and O–H groups in total. The largest absolute Gasteiger partial charge is 0.505 e. The van der Waals surface area contributed by atoms with Crippen molar-refractivity contribution in [3.63, 3.8) is 0 Å². The topological polar surface area (TPSA) is 108 Å². The van der Waals surface area contributed by atoms with Gasteiger partial charge in [0.1, 0.15) is 5.69 Å². The van der Waals surface area contributed by atoms with Crippen LogP contribution < -0.4 is 0 Å². The molecule has 0 fully saturated rings. The standard InChI is InChI=1S/C28H22N4O4S/c1-17-8-10-19-16-26(37-36-35-34)27(28(33)22(19)14-17)32-31-25-13-12-24(21-11-9-18(2)15-23(21)25)30-29-20-6-4-3-5-7-20/h3-16,33-34H,1-2H3. The number of aryl methyl sites for hydroxylation is 2. The second-order valence-electron chi connectivity index (χ2n) is 8.41. The number of azo groups is 2. The van der Waals surface area contributed by atoms with Crippen LogP contribution in [0.15, 0.2) is 110 Å². The minimum absolute atomic E-state index is 0.0530. The van der Waals surface area contributed by atoms with E-state index in [0.29, 0.717) is 33.7 Å². The van der Waals surface area contributed by atoms with Gasteiger partial charge in [-0.25, -0.2) is 5.26 Å². The van der Waals surface area contributed by atoms with Crippen LogP contribution in [-0.2, 0) is 9.37 Å². The number of aromatic hydroxyl groups is 1. The van der Waals surface area contributed by atoms with Gasteiger partial charge < -0.3 is 5.11 Å². The lowest BCUT2D eigenvalue weighted by molar-refractivity contribution is -0.432. The molecule has 0 aliphatic carbocycles. The van der Waals surface area contributed by atoms with Gasteiger partial charge >= 0.3 is 0 Å². The molecule has 0 atom stereocenters. The predicted molar refractivity (Wildman–Crippen MR) is 144 cm³/mol. The van der Waals surface area contributed by atoms with Gasteiger partial charge in [-0.3, -0.25) is 0 Å². The van der Waals surface area contributed by atoms with Crippen LogP contribution in [0.3, 0.4) is 0 Å². The Morgan fingerprint density at radius 3 is 2.11 bits per heavy atom. The maximum Gasteiger partial charge on any atom is 0.152 e. The van der Waals surface area contributed by atoms with E-state index in [4.69, 9.17) is 5.26 Å². The van der Waals surface area contributed by atoms with Gasteiger partial charge in [0.25, 0.3) is 0 Å². The molecule has 0 aliphatic rings. The first kappa shape index (κ1) is 24.5. The summed E-state index contributed by atoms with van der Waals surface area (Å²) in [4.78, 5) is 0.417. The Balaban J connectivity index is 1.60. The molecule has 5 rings (SSSR count). The minimum atomic E-state index is -0.0530. The van der Waals surface area contributed by atoms with Gasteiger partial charge in [-0.2, -0.15) is 5.11 Å². The lowest BCUT2D eigenvalue weighted by atomic mass is 10.0. The van der Waals surface area contributed by atoms with Crippen molar-refractivity contribution in [2.75, 3.05) is 0 Å². The predicted octanol–water partition coefficient (Wildman–Crippen LogP) is 9.57. The molecular weight excluding hydrogens is 488 g/mol. The number of nitrogens with zero attached hydrogens (tertiary/aromatic N) is 4. The molecule has 8 nitrogen and oxygen atoms in total. The fourth-order valence-corrected chi connectivity index (χ4v) is 4.48. The third-order valence-corrected chi connectivity index (χ3v) is 6.40. The average Bonchev–Trinajstić information content (AvgIpc) is 2.91. The van der Waals surface area contributed by atoms with Crippen molar-refractivity contribution in [1.29, 1.82) is 0 Å². The van der Waals surface area contributed by atoms with Crippen LogP contribution in [0.25, 0.3) is 21.5 Å². The normalized spacial score (nSPS) is 11.9. The molecule has 5 aromatic carbocycles. The number of hydrogen-bond acceptors (Lipinski definition) is 9. The SMILES string of the molecule is Cc1ccc2cc(SOOO)c(N=Nc3ccc(N=Nc4ccccc4)c4ccc(C)cc34)c(O)c2c1. The van der Waals surface area contributed by atoms with E-state index in [1.165, 1.54) is 0 Å². The van der Waals surface area contributed by atoms with Gasteiger partial charge in [0.05, 0.1) is 34.0 Å². The maximum absolute atomic E-state index is 11.1. The summed E-state index contributed by atoms with van der Waals surface area (Å²) in [6.07, 6.45) is 0. The molecule has 0 amide bonds. The first-order chi connectivity index (χ1) is 18.0. The third-order valence-electron chi connectivity index (χ3n) is 5.78. The molecule has 184 valence electrons. The van der Waals surface area contributed by atoms with Crippen LogP contribution in [0.5, 0.6) is 5.75 Å². The number of phenols is 1. The van der Waals surface area contributed by atoms with Crippen molar-refractivity contribution in [1.82, 2.24) is 0 Å². The first-order valence-corrected chi connectivity index (χ1v) is 12.1. The molecule has 0 spiro atoms. The molecule has 37 heavy (non-hydrogen) atoms. The minimum Gasteiger partial charge on any atom is -0.505 e. The first-order valence-electron chi connectivity index (χ1n) is 11.4. The Bertz CT molecular complexity index is 1660. The summed E-state index contributed by atoms with van der Waals surface area (Å²) in [6, 6.07) is 26.6. The summed E-state index contributed by atoms with van der Waals surface area (Å²) in [6.45, 7) is 3.94. The molecule has 0 unspecified atom stereocenters. The van der Waals surface area contributed by atoms with Gasteiger partial charge in [-0.15, -0.1) is 19.7 Å². The maximum atomic E-state index is 11.1. The monoisotopic (exact) mass is 510 g/mol. The van der Waals surface area contributed by atoms with Gasteiger partial charge in [0.2, 0.25) is 0 Å². The number of hydrogen-bond donors (Lipinski definition) is 2. The highest BCUT2D eigenvalue weighted by Gasteiger charge is 2.16. The lowest BCUT2D eigenvalue weighted by Crippen LogP contribution is -1.84. The summed E-state index contributed by atoms with van der Waals surface area (Å²) >= 11 is 0.715. The van der Waals surface area contributed by atoms with Crippen molar-refractivity contribution < 1.29 is 19.7 Å². The Hall–Kier alpha value is -4.15. The smallest absolute Gasteiger partial charge is 0.152 e. The Morgan fingerprint density at radius 2 is 1.35 bits per heavy atom. The number of benzene rings is 5. The van der Waals surface area contributed by atoms with Crippen molar-refractivity contribution in [2.45, 2.75) is 18.7 Å². The van der Waals surface area contributed by atoms with E-state index in [0.717, 1.165) is 33.0 Å². The van der Waals surface area contributed by atoms with Crippen LogP contribution in [0.4, 0.5) is 22.7 Å². The Labute approximate surface area is 217 Å². The zero-order valence-corrected chi connectivity index (χ0v) is 20.8. The summed E-state index contributed by atoms with van der Waals surface area (Å²) in [5.74, 6) is -0.0530. The zero-order valence-electron chi connectivity index (χ0n) is 20.0. The van der Waals surface area contributed by atoms with Crippen molar-refractivity contribution in [3.05, 3.63) is 96.1 Å². The number of phenolic OH excluding ortho intramolecular Hbond substituents is 1. The zero-order chi connectivity index (χ0) is 25.8. The van der Waals surface area contributed by atoms with Crippen LogP contribution in [0, 0.1) is 13.8 Å². The molecular formula is C28H22N4O4S. The molecule has 0 saturated heterocycles. The van der Waals surface area contributed by atoms with E-state index >= 15 is 0 Å². The van der Waals surface area contributed by atoms with Gasteiger partial charge in [-0.05, 0) is 61.7 Å². The average molecular weight is 511 g/mol. The van der Waals surface area contributed by atoms with E-state index in [9.17, 15) is 5.11 Å². The molecule has 0 heterocycles. The highest BCUT2D eigenvalue weighted by Crippen LogP contribution is 2.45. The highest BCUT2D eigenvalue weighted by atomic mass is 32.2. The lowest BCUT2D eigenvalue weighted by Gasteiger charge is -2.10. The summed E-state index contributed by atoms with van der Waals surface area (Å²) in [7, 11) is 0. The molecule has 0 aromatic heterocycles. The summed E-state index contributed by atoms with van der Waals surface area (Å²) in [5, 5.41) is 44.3. The Kier molecular flexibility index (Phi) is 7.20. The Morgan fingerprint density at radius 1 is 0.676 bits per heavy atom. The van der Waals surface area contributed by atoms with Gasteiger partial charge in [0.15, 0.2) is 5.75 Å². The van der Waals surface area contributed by atoms with Crippen molar-refractivity contribution in [3.8, 4) is 5.75 Å². The van der Waals surface area contributed by atoms with Crippen LogP contribution in [0.1, 0.15) is 11.1 Å². The molecule has 0 radical (unpaired) electrons. The number of rotatable bonds is 7.